The second-order valence-corrected chi connectivity index (χ2v) is 7.80. The Kier molecular flexibility index (Phi) is 6.98. The second-order valence-electron chi connectivity index (χ2n) is 7.80. The monoisotopic (exact) mass is 410 g/mol. The van der Waals surface area contributed by atoms with E-state index >= 15 is 0 Å². The molecule has 0 spiro atoms. The van der Waals surface area contributed by atoms with Crippen molar-refractivity contribution in [3.63, 3.8) is 0 Å². The molecule has 0 atom stereocenters. The topological polar surface area (TPSA) is 87.7 Å². The number of anilines is 1. The lowest BCUT2D eigenvalue weighted by Crippen LogP contribution is -2.30. The van der Waals surface area contributed by atoms with Crippen LogP contribution in [0.15, 0.2) is 24.3 Å². The Labute approximate surface area is 177 Å². The summed E-state index contributed by atoms with van der Waals surface area (Å²) < 4.78 is 5.72. The predicted octanol–water partition coefficient (Wildman–Crippen LogP) is 4.84. The molecule has 2 amide bonds. The van der Waals surface area contributed by atoms with Crippen molar-refractivity contribution < 1.29 is 19.4 Å². The summed E-state index contributed by atoms with van der Waals surface area (Å²) in [4.78, 5) is 23.9. The van der Waals surface area contributed by atoms with Crippen LogP contribution >= 0.6 is 0 Å². The fraction of sp³-hybridized carbons (Fsp3) is 0.417. The molecule has 0 radical (unpaired) electrons. The first-order valence-electron chi connectivity index (χ1n) is 10.6. The molecule has 0 saturated carbocycles. The number of rotatable bonds is 7. The van der Waals surface area contributed by atoms with Crippen molar-refractivity contribution in [2.24, 2.45) is 0 Å². The summed E-state index contributed by atoms with van der Waals surface area (Å²) in [5, 5.41) is 15.3. The van der Waals surface area contributed by atoms with Gasteiger partial charge in [0.25, 0.3) is 0 Å². The quantitative estimate of drug-likeness (QED) is 0.570. The fourth-order valence-electron chi connectivity index (χ4n) is 3.95. The van der Waals surface area contributed by atoms with Crippen LogP contribution in [0, 0.1) is 13.8 Å². The van der Waals surface area contributed by atoms with E-state index < -0.39 is 5.97 Å². The fourth-order valence-corrected chi connectivity index (χ4v) is 3.95. The number of carboxylic acids is 1. The Bertz CT molecular complexity index is 953. The van der Waals surface area contributed by atoms with Gasteiger partial charge >= 0.3 is 12.0 Å². The minimum Gasteiger partial charge on any atom is -0.493 e. The number of urea groups is 1. The molecule has 160 valence electrons. The van der Waals surface area contributed by atoms with E-state index in [-0.39, 0.29) is 12.5 Å². The minimum absolute atomic E-state index is 0.109. The van der Waals surface area contributed by atoms with Crippen LogP contribution in [0.25, 0.3) is 11.1 Å². The molecule has 0 aromatic heterocycles. The van der Waals surface area contributed by atoms with Crippen LogP contribution in [0.2, 0.25) is 0 Å². The third-order valence-electron chi connectivity index (χ3n) is 5.50. The highest BCUT2D eigenvalue weighted by molar-refractivity contribution is 5.92. The summed E-state index contributed by atoms with van der Waals surface area (Å²) in [6, 6.07) is 7.71. The maximum atomic E-state index is 12.2. The number of ether oxygens (including phenoxy) is 1. The van der Waals surface area contributed by atoms with Crippen LogP contribution in [0.5, 0.6) is 5.75 Å². The Balaban J connectivity index is 2.00. The highest BCUT2D eigenvalue weighted by atomic mass is 16.5. The van der Waals surface area contributed by atoms with E-state index in [1.54, 1.807) is 0 Å². The standard InChI is InChI=1S/C24H30N2O4/c1-4-5-10-25-24(29)26-20-12-15(2)23(19(16(20)3)14-22(27)28)18-8-9-21-17(13-18)7-6-11-30-21/h8-9,12-13H,4-7,10-11,14H2,1-3H3,(H,27,28)(H2,25,26,29). The third kappa shape index (κ3) is 4.93. The summed E-state index contributed by atoms with van der Waals surface area (Å²) in [5.74, 6) is 0.00536. The van der Waals surface area contributed by atoms with Crippen LogP contribution in [-0.4, -0.2) is 30.3 Å². The molecule has 3 rings (SSSR count). The van der Waals surface area contributed by atoms with Crippen molar-refractivity contribution >= 4 is 17.7 Å². The molecule has 1 aliphatic rings. The van der Waals surface area contributed by atoms with Gasteiger partial charge in [0.1, 0.15) is 5.75 Å². The second kappa shape index (κ2) is 9.65. The number of unbranched alkanes of at least 4 members (excludes halogenated alkanes) is 1. The van der Waals surface area contributed by atoms with Crippen molar-refractivity contribution in [2.45, 2.75) is 52.9 Å². The molecule has 30 heavy (non-hydrogen) atoms. The van der Waals surface area contributed by atoms with Gasteiger partial charge < -0.3 is 20.5 Å². The van der Waals surface area contributed by atoms with Gasteiger partial charge in [-0.25, -0.2) is 4.79 Å². The van der Waals surface area contributed by atoms with Crippen molar-refractivity contribution in [1.29, 1.82) is 0 Å². The lowest BCUT2D eigenvalue weighted by molar-refractivity contribution is -0.136. The molecule has 1 aliphatic heterocycles. The van der Waals surface area contributed by atoms with E-state index in [9.17, 15) is 14.7 Å². The summed E-state index contributed by atoms with van der Waals surface area (Å²) in [7, 11) is 0. The molecule has 1 heterocycles. The summed E-state index contributed by atoms with van der Waals surface area (Å²) in [5.41, 5.74) is 6.12. The first kappa shape index (κ1) is 21.7. The number of hydrogen-bond donors (Lipinski definition) is 3. The molecular formula is C24H30N2O4. The lowest BCUT2D eigenvalue weighted by atomic mass is 9.87. The number of carbonyl (C=O) groups excluding carboxylic acids is 1. The molecule has 2 aromatic rings. The van der Waals surface area contributed by atoms with E-state index in [1.807, 2.05) is 32.0 Å². The summed E-state index contributed by atoms with van der Waals surface area (Å²) >= 11 is 0. The zero-order chi connectivity index (χ0) is 21.7. The van der Waals surface area contributed by atoms with Crippen molar-refractivity contribution in [3.8, 4) is 16.9 Å². The molecule has 0 unspecified atom stereocenters. The van der Waals surface area contributed by atoms with Gasteiger partial charge in [0.2, 0.25) is 0 Å². The Hall–Kier alpha value is -3.02. The van der Waals surface area contributed by atoms with Gasteiger partial charge in [0.15, 0.2) is 0 Å². The van der Waals surface area contributed by atoms with Gasteiger partial charge in [-0.05, 0) is 84.7 Å². The van der Waals surface area contributed by atoms with Gasteiger partial charge in [0, 0.05) is 12.2 Å². The molecule has 0 fully saturated rings. The lowest BCUT2D eigenvalue weighted by Gasteiger charge is -2.22. The molecule has 0 saturated heterocycles. The Morgan fingerprint density at radius 1 is 1.20 bits per heavy atom. The van der Waals surface area contributed by atoms with E-state index in [1.165, 1.54) is 0 Å². The van der Waals surface area contributed by atoms with Crippen molar-refractivity contribution in [3.05, 3.63) is 46.5 Å². The molecule has 0 bridgehead atoms. The molecule has 3 N–H and O–H groups in total. The number of benzene rings is 2. The van der Waals surface area contributed by atoms with Crippen molar-refractivity contribution in [1.82, 2.24) is 5.32 Å². The number of aliphatic carboxylic acids is 1. The number of aryl methyl sites for hydroxylation is 2. The molecule has 6 heteroatoms. The highest BCUT2D eigenvalue weighted by Gasteiger charge is 2.20. The normalized spacial score (nSPS) is 12.6. The first-order chi connectivity index (χ1) is 14.4. The zero-order valence-corrected chi connectivity index (χ0v) is 17.9. The van der Waals surface area contributed by atoms with Gasteiger partial charge in [0.05, 0.1) is 13.0 Å². The van der Waals surface area contributed by atoms with Crippen LogP contribution < -0.4 is 15.4 Å². The smallest absolute Gasteiger partial charge is 0.319 e. The van der Waals surface area contributed by atoms with E-state index in [0.717, 1.165) is 71.4 Å². The molecule has 6 nitrogen and oxygen atoms in total. The highest BCUT2D eigenvalue weighted by Crippen LogP contribution is 2.37. The third-order valence-corrected chi connectivity index (χ3v) is 5.50. The summed E-state index contributed by atoms with van der Waals surface area (Å²) in [6.07, 6.45) is 3.74. The van der Waals surface area contributed by atoms with Gasteiger partial charge in [-0.1, -0.05) is 19.4 Å². The van der Waals surface area contributed by atoms with Crippen LogP contribution in [0.3, 0.4) is 0 Å². The van der Waals surface area contributed by atoms with Crippen LogP contribution in [-0.2, 0) is 17.6 Å². The predicted molar refractivity (Wildman–Crippen MR) is 118 cm³/mol. The number of nitrogens with one attached hydrogen (secondary N) is 2. The average molecular weight is 411 g/mol. The average Bonchev–Trinajstić information content (AvgIpc) is 2.71. The largest absolute Gasteiger partial charge is 0.493 e. The minimum atomic E-state index is -0.899. The Morgan fingerprint density at radius 2 is 2.00 bits per heavy atom. The summed E-state index contributed by atoms with van der Waals surface area (Å²) in [6.45, 7) is 7.23. The maximum Gasteiger partial charge on any atom is 0.319 e. The maximum absolute atomic E-state index is 12.2. The number of amides is 2. The Morgan fingerprint density at radius 3 is 2.73 bits per heavy atom. The van der Waals surface area contributed by atoms with Crippen LogP contribution in [0.1, 0.15) is 48.4 Å². The van der Waals surface area contributed by atoms with E-state index in [0.29, 0.717) is 12.2 Å². The van der Waals surface area contributed by atoms with Gasteiger partial charge in [-0.3, -0.25) is 4.79 Å². The SMILES string of the molecule is CCCCNC(=O)Nc1cc(C)c(-c2ccc3c(c2)CCCO3)c(CC(=O)O)c1C. The molecular weight excluding hydrogens is 380 g/mol. The van der Waals surface area contributed by atoms with Gasteiger partial charge in [-0.15, -0.1) is 0 Å². The first-order valence-corrected chi connectivity index (χ1v) is 10.6. The number of hydrogen-bond acceptors (Lipinski definition) is 3. The number of carbonyl (C=O) groups is 2. The zero-order valence-electron chi connectivity index (χ0n) is 17.9. The molecule has 0 aliphatic carbocycles. The number of carboxylic acid groups (broad SMARTS) is 1. The van der Waals surface area contributed by atoms with Gasteiger partial charge in [-0.2, -0.15) is 0 Å². The van der Waals surface area contributed by atoms with Crippen molar-refractivity contribution in [2.75, 3.05) is 18.5 Å². The molecule has 2 aromatic carbocycles. The van der Waals surface area contributed by atoms with E-state index in [2.05, 4.69) is 23.6 Å². The van der Waals surface area contributed by atoms with Crippen LogP contribution in [0.4, 0.5) is 10.5 Å². The number of fused-ring (bicyclic) bond motifs is 1. The van der Waals surface area contributed by atoms with E-state index in [4.69, 9.17) is 4.74 Å².